The van der Waals surface area contributed by atoms with Gasteiger partial charge in [-0.05, 0) is 25.5 Å². The van der Waals surface area contributed by atoms with E-state index in [1.165, 1.54) is 5.56 Å². The average Bonchev–Trinajstić information content (AvgIpc) is 2.49. The average molecular weight is 280 g/mol. The fraction of sp³-hybridized carbons (Fsp3) is 0.167. The molecule has 3 aromatic rings. The number of rotatable bonds is 3. The minimum atomic E-state index is -0.370. The molecule has 3 nitrogen and oxygen atoms in total. The molecule has 21 heavy (non-hydrogen) atoms. The van der Waals surface area contributed by atoms with Crippen molar-refractivity contribution in [2.45, 2.75) is 13.8 Å². The van der Waals surface area contributed by atoms with E-state index in [0.29, 0.717) is 12.0 Å². The number of fused-ring (bicyclic) bond motifs is 1. The van der Waals surface area contributed by atoms with Crippen LogP contribution in [0.4, 0.5) is 0 Å². The zero-order valence-electron chi connectivity index (χ0n) is 12.1. The summed E-state index contributed by atoms with van der Waals surface area (Å²) in [6.45, 7) is 4.35. The van der Waals surface area contributed by atoms with Gasteiger partial charge in [-0.25, -0.2) is 4.79 Å². The number of hydrogen-bond acceptors (Lipinski definition) is 3. The van der Waals surface area contributed by atoms with E-state index in [1.54, 1.807) is 6.07 Å². The first-order chi connectivity index (χ1) is 10.2. The van der Waals surface area contributed by atoms with E-state index in [4.69, 9.17) is 9.15 Å². The van der Waals surface area contributed by atoms with Crippen molar-refractivity contribution >= 4 is 10.8 Å². The molecule has 3 rings (SSSR count). The highest BCUT2D eigenvalue weighted by Crippen LogP contribution is 2.35. The quantitative estimate of drug-likeness (QED) is 0.723. The monoisotopic (exact) mass is 280 g/mol. The molecular weight excluding hydrogens is 264 g/mol. The van der Waals surface area contributed by atoms with Crippen molar-refractivity contribution in [3.63, 3.8) is 0 Å². The number of benzene rings is 2. The lowest BCUT2D eigenvalue weighted by Crippen LogP contribution is -2.04. The Labute approximate surface area is 122 Å². The molecular formula is C18H16O3. The van der Waals surface area contributed by atoms with Crippen molar-refractivity contribution in [2.24, 2.45) is 0 Å². The summed E-state index contributed by atoms with van der Waals surface area (Å²) in [7, 11) is 0. The molecule has 3 heteroatoms. The van der Waals surface area contributed by atoms with Gasteiger partial charge >= 0.3 is 5.63 Å². The van der Waals surface area contributed by atoms with Crippen molar-refractivity contribution in [1.29, 1.82) is 0 Å². The largest absolute Gasteiger partial charge is 0.465 e. The Bertz CT molecular complexity index is 829. The summed E-state index contributed by atoms with van der Waals surface area (Å²) in [5, 5.41) is 1.41. The molecule has 0 fully saturated rings. The molecule has 106 valence electrons. The third-order valence-corrected chi connectivity index (χ3v) is 3.42. The molecule has 0 aliphatic rings. The van der Waals surface area contributed by atoms with E-state index in [9.17, 15) is 4.79 Å². The van der Waals surface area contributed by atoms with Gasteiger partial charge in [0, 0.05) is 5.39 Å². The lowest BCUT2D eigenvalue weighted by atomic mass is 10.00. The van der Waals surface area contributed by atoms with Gasteiger partial charge in [0.25, 0.3) is 5.95 Å². The van der Waals surface area contributed by atoms with E-state index in [0.717, 1.165) is 16.5 Å². The maximum atomic E-state index is 12.1. The lowest BCUT2D eigenvalue weighted by molar-refractivity contribution is 0.247. The van der Waals surface area contributed by atoms with Crippen molar-refractivity contribution in [3.05, 3.63) is 64.5 Å². The van der Waals surface area contributed by atoms with Gasteiger partial charge in [0.1, 0.15) is 0 Å². The first kappa shape index (κ1) is 13.4. The van der Waals surface area contributed by atoms with Gasteiger partial charge in [0.15, 0.2) is 0 Å². The van der Waals surface area contributed by atoms with Crippen molar-refractivity contribution in [1.82, 2.24) is 0 Å². The van der Waals surface area contributed by atoms with Crippen LogP contribution in [0.15, 0.2) is 57.7 Å². The highest BCUT2D eigenvalue weighted by molar-refractivity contribution is 5.97. The molecule has 0 saturated heterocycles. The second-order valence-electron chi connectivity index (χ2n) is 4.90. The van der Waals surface area contributed by atoms with Crippen LogP contribution in [0.3, 0.4) is 0 Å². The standard InChI is InChI=1S/C18H16O3/c1-3-20-18-16(13-10-8-12(2)9-11-13)14-6-4-5-7-15(14)17(19)21-18/h4-11H,3H2,1-2H3. The van der Waals surface area contributed by atoms with Crippen LogP contribution in [0.2, 0.25) is 0 Å². The van der Waals surface area contributed by atoms with Crippen LogP contribution in [-0.2, 0) is 0 Å². The topological polar surface area (TPSA) is 39.4 Å². The first-order valence-corrected chi connectivity index (χ1v) is 6.96. The lowest BCUT2D eigenvalue weighted by Gasteiger charge is -2.11. The molecule has 0 atom stereocenters. The maximum absolute atomic E-state index is 12.1. The molecule has 0 spiro atoms. The predicted molar refractivity (Wildman–Crippen MR) is 83.8 cm³/mol. The first-order valence-electron chi connectivity index (χ1n) is 6.96. The van der Waals surface area contributed by atoms with Crippen molar-refractivity contribution in [2.75, 3.05) is 6.61 Å². The predicted octanol–water partition coefficient (Wildman–Crippen LogP) is 4.17. The summed E-state index contributed by atoms with van der Waals surface area (Å²) < 4.78 is 10.9. The Morgan fingerprint density at radius 3 is 2.33 bits per heavy atom. The van der Waals surface area contributed by atoms with Gasteiger partial charge in [-0.15, -0.1) is 0 Å². The van der Waals surface area contributed by atoms with Gasteiger partial charge in [0.2, 0.25) is 0 Å². The molecule has 1 aromatic heterocycles. The second-order valence-corrected chi connectivity index (χ2v) is 4.90. The molecule has 0 aliphatic carbocycles. The number of ether oxygens (including phenoxy) is 1. The van der Waals surface area contributed by atoms with E-state index >= 15 is 0 Å². The van der Waals surface area contributed by atoms with Crippen LogP contribution in [0.5, 0.6) is 5.95 Å². The fourth-order valence-electron chi connectivity index (χ4n) is 2.41. The van der Waals surface area contributed by atoms with Gasteiger partial charge < -0.3 is 9.15 Å². The van der Waals surface area contributed by atoms with Gasteiger partial charge in [-0.2, -0.15) is 0 Å². The molecule has 0 N–H and O–H groups in total. The second kappa shape index (κ2) is 5.44. The van der Waals surface area contributed by atoms with Crippen molar-refractivity contribution in [3.8, 4) is 17.1 Å². The number of aryl methyl sites for hydroxylation is 1. The summed E-state index contributed by atoms with van der Waals surface area (Å²) in [5.41, 5.74) is 2.61. The normalized spacial score (nSPS) is 10.8. The van der Waals surface area contributed by atoms with Gasteiger partial charge in [0.05, 0.1) is 17.6 Å². The third kappa shape index (κ3) is 2.42. The van der Waals surface area contributed by atoms with Crippen LogP contribution >= 0.6 is 0 Å². The molecule has 0 saturated carbocycles. The molecule has 1 heterocycles. The minimum Gasteiger partial charge on any atom is -0.465 e. The summed E-state index contributed by atoms with van der Waals surface area (Å²) >= 11 is 0. The Balaban J connectivity index is 2.37. The molecule has 2 aromatic carbocycles. The van der Waals surface area contributed by atoms with E-state index < -0.39 is 0 Å². The van der Waals surface area contributed by atoms with Crippen LogP contribution in [0.25, 0.3) is 21.9 Å². The smallest absolute Gasteiger partial charge is 0.346 e. The zero-order valence-corrected chi connectivity index (χ0v) is 12.1. The molecule has 0 aliphatic heterocycles. The molecule has 0 radical (unpaired) electrons. The van der Waals surface area contributed by atoms with Crippen LogP contribution in [0, 0.1) is 6.92 Å². The van der Waals surface area contributed by atoms with E-state index in [-0.39, 0.29) is 11.6 Å². The molecule has 0 bridgehead atoms. The highest BCUT2D eigenvalue weighted by Gasteiger charge is 2.16. The van der Waals surface area contributed by atoms with Crippen LogP contribution < -0.4 is 10.4 Å². The minimum absolute atomic E-state index is 0.282. The highest BCUT2D eigenvalue weighted by atomic mass is 16.6. The number of hydrogen-bond donors (Lipinski definition) is 0. The Hall–Kier alpha value is -2.55. The Morgan fingerprint density at radius 1 is 1.00 bits per heavy atom. The molecule has 0 unspecified atom stereocenters. The molecule has 0 amide bonds. The summed E-state index contributed by atoms with van der Waals surface area (Å²) in [6, 6.07) is 15.5. The maximum Gasteiger partial charge on any atom is 0.346 e. The zero-order chi connectivity index (χ0) is 14.8. The van der Waals surface area contributed by atoms with Gasteiger partial charge in [-0.3, -0.25) is 0 Å². The van der Waals surface area contributed by atoms with Crippen LogP contribution in [-0.4, -0.2) is 6.61 Å². The van der Waals surface area contributed by atoms with Crippen molar-refractivity contribution < 1.29 is 9.15 Å². The Morgan fingerprint density at radius 2 is 1.67 bits per heavy atom. The fourth-order valence-corrected chi connectivity index (χ4v) is 2.41. The van der Waals surface area contributed by atoms with Crippen LogP contribution in [0.1, 0.15) is 12.5 Å². The summed E-state index contributed by atoms with van der Waals surface area (Å²) in [4.78, 5) is 12.1. The van der Waals surface area contributed by atoms with E-state index in [1.807, 2.05) is 56.3 Å². The SMILES string of the molecule is CCOc1oc(=O)c2ccccc2c1-c1ccc(C)cc1. The van der Waals surface area contributed by atoms with Gasteiger partial charge in [-0.1, -0.05) is 48.0 Å². The third-order valence-electron chi connectivity index (χ3n) is 3.42. The van der Waals surface area contributed by atoms with E-state index in [2.05, 4.69) is 0 Å². The summed E-state index contributed by atoms with van der Waals surface area (Å²) in [6.07, 6.45) is 0. The summed E-state index contributed by atoms with van der Waals surface area (Å²) in [5.74, 6) is 0.282. The Kier molecular flexibility index (Phi) is 3.48.